The lowest BCUT2D eigenvalue weighted by atomic mass is 9.78. The molecular formula is C9H16FNO2. The summed E-state index contributed by atoms with van der Waals surface area (Å²) in [6.07, 6.45) is 0.513. The second-order valence-corrected chi connectivity index (χ2v) is 3.63. The number of hydrogen-bond acceptors (Lipinski definition) is 3. The first-order valence-corrected chi connectivity index (χ1v) is 4.52. The molecule has 1 rings (SSSR count). The van der Waals surface area contributed by atoms with Gasteiger partial charge in [0.05, 0.1) is 7.11 Å². The third-order valence-electron chi connectivity index (χ3n) is 2.92. The number of ether oxygens (including phenoxy) is 1. The summed E-state index contributed by atoms with van der Waals surface area (Å²) in [4.78, 5) is 11.4. The number of esters is 1. The lowest BCUT2D eigenvalue weighted by Crippen LogP contribution is -2.47. The van der Waals surface area contributed by atoms with Gasteiger partial charge in [0.15, 0.2) is 0 Å². The average Bonchev–Trinajstić information content (AvgIpc) is 2.89. The fourth-order valence-electron chi connectivity index (χ4n) is 1.85. The number of carbonyl (C=O) groups excluding carboxylic acids is 1. The summed E-state index contributed by atoms with van der Waals surface area (Å²) in [6, 6.07) is 0. The fraction of sp³-hybridized carbons (Fsp3) is 0.889. The largest absolute Gasteiger partial charge is 0.468 e. The topological polar surface area (TPSA) is 52.3 Å². The Morgan fingerprint density at radius 1 is 1.77 bits per heavy atom. The lowest BCUT2D eigenvalue weighted by molar-refractivity contribution is -0.157. The summed E-state index contributed by atoms with van der Waals surface area (Å²) in [6.45, 7) is 1.41. The Kier molecular flexibility index (Phi) is 2.91. The van der Waals surface area contributed by atoms with Crippen molar-refractivity contribution >= 4 is 5.97 Å². The maximum Gasteiger partial charge on any atom is 0.316 e. The number of carbonyl (C=O) groups is 1. The zero-order valence-corrected chi connectivity index (χ0v) is 8.05. The van der Waals surface area contributed by atoms with Crippen LogP contribution in [0.2, 0.25) is 0 Å². The Hall–Kier alpha value is -0.640. The molecule has 2 unspecified atom stereocenters. The summed E-state index contributed by atoms with van der Waals surface area (Å²) in [5.41, 5.74) is 4.40. The van der Waals surface area contributed by atoms with Crippen molar-refractivity contribution in [2.45, 2.75) is 25.9 Å². The van der Waals surface area contributed by atoms with Crippen molar-refractivity contribution in [2.75, 3.05) is 13.7 Å². The molecule has 0 bridgehead atoms. The van der Waals surface area contributed by atoms with Gasteiger partial charge in [-0.1, -0.05) is 0 Å². The standard InChI is InChI=1S/C9H16FNO2/c1-6(10)9(5-11,7-3-4-7)8(12)13-2/h6-7H,3-5,11H2,1-2H3. The van der Waals surface area contributed by atoms with Crippen LogP contribution >= 0.6 is 0 Å². The third kappa shape index (κ3) is 1.55. The molecule has 0 aromatic heterocycles. The van der Waals surface area contributed by atoms with Crippen LogP contribution in [0, 0.1) is 11.3 Å². The Balaban J connectivity index is 2.88. The van der Waals surface area contributed by atoms with Crippen molar-refractivity contribution in [1.29, 1.82) is 0 Å². The van der Waals surface area contributed by atoms with Crippen molar-refractivity contribution in [3.8, 4) is 0 Å². The maximum absolute atomic E-state index is 13.4. The van der Waals surface area contributed by atoms with Crippen LogP contribution in [-0.4, -0.2) is 25.8 Å². The van der Waals surface area contributed by atoms with E-state index in [1.807, 2.05) is 0 Å². The van der Waals surface area contributed by atoms with Gasteiger partial charge in [-0.25, -0.2) is 4.39 Å². The fourth-order valence-corrected chi connectivity index (χ4v) is 1.85. The molecule has 0 saturated heterocycles. The number of nitrogens with two attached hydrogens (primary N) is 1. The molecule has 1 aliphatic rings. The van der Waals surface area contributed by atoms with Gasteiger partial charge in [-0.3, -0.25) is 4.79 Å². The van der Waals surface area contributed by atoms with Gasteiger partial charge >= 0.3 is 5.97 Å². The molecule has 1 saturated carbocycles. The molecule has 2 N–H and O–H groups in total. The van der Waals surface area contributed by atoms with Crippen LogP contribution in [0.4, 0.5) is 4.39 Å². The van der Waals surface area contributed by atoms with E-state index in [1.54, 1.807) is 0 Å². The molecule has 0 aliphatic heterocycles. The van der Waals surface area contributed by atoms with Gasteiger partial charge in [-0.15, -0.1) is 0 Å². The molecule has 1 fully saturated rings. The molecule has 0 aromatic carbocycles. The van der Waals surface area contributed by atoms with Gasteiger partial charge in [-0.2, -0.15) is 0 Å². The molecule has 1 aliphatic carbocycles. The highest BCUT2D eigenvalue weighted by Crippen LogP contribution is 2.48. The van der Waals surface area contributed by atoms with E-state index in [0.717, 1.165) is 12.8 Å². The highest BCUT2D eigenvalue weighted by molar-refractivity contribution is 5.78. The van der Waals surface area contributed by atoms with Crippen LogP contribution in [0.5, 0.6) is 0 Å². The first-order chi connectivity index (χ1) is 6.09. The minimum Gasteiger partial charge on any atom is -0.468 e. The zero-order chi connectivity index (χ0) is 10.1. The summed E-state index contributed by atoms with van der Waals surface area (Å²) >= 11 is 0. The van der Waals surface area contributed by atoms with Crippen LogP contribution in [0.3, 0.4) is 0 Å². The molecule has 0 heterocycles. The van der Waals surface area contributed by atoms with E-state index in [9.17, 15) is 9.18 Å². The van der Waals surface area contributed by atoms with Gasteiger partial charge in [0.25, 0.3) is 0 Å². The molecule has 2 atom stereocenters. The number of hydrogen-bond donors (Lipinski definition) is 1. The van der Waals surface area contributed by atoms with Crippen molar-refractivity contribution in [3.63, 3.8) is 0 Å². The van der Waals surface area contributed by atoms with Crippen LogP contribution in [0.25, 0.3) is 0 Å². The predicted octanol–water partition coefficient (Wildman–Crippen LogP) is 0.872. The molecule has 0 amide bonds. The average molecular weight is 189 g/mol. The normalized spacial score (nSPS) is 23.4. The minimum absolute atomic E-state index is 0.0298. The predicted molar refractivity (Wildman–Crippen MR) is 46.8 cm³/mol. The van der Waals surface area contributed by atoms with E-state index < -0.39 is 17.6 Å². The van der Waals surface area contributed by atoms with E-state index in [0.29, 0.717) is 0 Å². The molecule has 0 radical (unpaired) electrons. The summed E-state index contributed by atoms with van der Waals surface area (Å²) in [5, 5.41) is 0. The molecule has 13 heavy (non-hydrogen) atoms. The second kappa shape index (κ2) is 3.62. The quantitative estimate of drug-likeness (QED) is 0.668. The summed E-state index contributed by atoms with van der Waals surface area (Å²) in [5.74, 6) is -0.433. The molecule has 0 spiro atoms. The molecule has 3 nitrogen and oxygen atoms in total. The molecule has 0 aromatic rings. The van der Waals surface area contributed by atoms with E-state index in [4.69, 9.17) is 5.73 Å². The molecular weight excluding hydrogens is 173 g/mol. The highest BCUT2D eigenvalue weighted by Gasteiger charge is 2.55. The van der Waals surface area contributed by atoms with Crippen LogP contribution in [0.1, 0.15) is 19.8 Å². The minimum atomic E-state index is -1.24. The number of rotatable bonds is 4. The summed E-state index contributed by atoms with van der Waals surface area (Å²) in [7, 11) is 1.28. The van der Waals surface area contributed by atoms with Gasteiger partial charge in [-0.05, 0) is 25.7 Å². The van der Waals surface area contributed by atoms with Crippen molar-refractivity contribution in [2.24, 2.45) is 17.1 Å². The van der Waals surface area contributed by atoms with E-state index in [2.05, 4.69) is 4.74 Å². The zero-order valence-electron chi connectivity index (χ0n) is 8.05. The number of alkyl halides is 1. The number of halogens is 1. The Labute approximate surface area is 77.4 Å². The summed E-state index contributed by atoms with van der Waals surface area (Å²) < 4.78 is 18.0. The first-order valence-electron chi connectivity index (χ1n) is 4.52. The second-order valence-electron chi connectivity index (χ2n) is 3.63. The molecule has 4 heteroatoms. The smallest absolute Gasteiger partial charge is 0.316 e. The van der Waals surface area contributed by atoms with Gasteiger partial charge in [0, 0.05) is 6.54 Å². The maximum atomic E-state index is 13.4. The Bertz CT molecular complexity index is 200. The molecule has 76 valence electrons. The van der Waals surface area contributed by atoms with Crippen molar-refractivity contribution in [1.82, 2.24) is 0 Å². The first kappa shape index (κ1) is 10.4. The van der Waals surface area contributed by atoms with Crippen molar-refractivity contribution in [3.05, 3.63) is 0 Å². The van der Waals surface area contributed by atoms with Crippen LogP contribution < -0.4 is 5.73 Å². The van der Waals surface area contributed by atoms with Crippen LogP contribution in [0.15, 0.2) is 0 Å². The number of methoxy groups -OCH3 is 1. The Morgan fingerprint density at radius 3 is 2.54 bits per heavy atom. The highest BCUT2D eigenvalue weighted by atomic mass is 19.1. The lowest BCUT2D eigenvalue weighted by Gasteiger charge is -2.30. The Morgan fingerprint density at radius 2 is 2.31 bits per heavy atom. The van der Waals surface area contributed by atoms with Gasteiger partial charge in [0.2, 0.25) is 0 Å². The van der Waals surface area contributed by atoms with E-state index in [1.165, 1.54) is 14.0 Å². The van der Waals surface area contributed by atoms with Crippen molar-refractivity contribution < 1.29 is 13.9 Å². The van der Waals surface area contributed by atoms with E-state index >= 15 is 0 Å². The monoisotopic (exact) mass is 189 g/mol. The van der Waals surface area contributed by atoms with Gasteiger partial charge in [0.1, 0.15) is 11.6 Å². The SMILES string of the molecule is COC(=O)C(CN)(C(C)F)C1CC1. The van der Waals surface area contributed by atoms with E-state index in [-0.39, 0.29) is 12.5 Å². The third-order valence-corrected chi connectivity index (χ3v) is 2.92. The van der Waals surface area contributed by atoms with Gasteiger partial charge < -0.3 is 10.5 Å². The van der Waals surface area contributed by atoms with Crippen LogP contribution in [-0.2, 0) is 9.53 Å².